The van der Waals surface area contributed by atoms with Crippen molar-refractivity contribution in [3.63, 3.8) is 0 Å². The Hall–Kier alpha value is -2.89. The molecule has 1 saturated heterocycles. The van der Waals surface area contributed by atoms with Crippen LogP contribution in [0.5, 0.6) is 0 Å². The average Bonchev–Trinajstić information content (AvgIpc) is 3.38. The standard InChI is InChI=1S/C78H139NO8/c1-3-5-7-9-11-13-15-17-19-21-23-25-27-29-31-33-35-36-38-40-42-44-46-48-50-52-54-56-58-60-62-64-66-68-74(82)79-71(70-86-78-77(85)76(84)75(83)73(69-80)87-78)72(81)67-65-63-61-59-57-55-53-51-49-47-45-43-41-39-37-34-32-30-28-26-24-22-20-18-16-14-12-10-8-6-4-2/h5,7,11,13,17,19,23,25,29,31,35-36,40,42,65,67,71-73,75-78,80-81,83-85H,3-4,6,8-10,12,14-16,18,20-22,24,26-28,30,32-34,37-39,41,43-64,66,68-70H2,1-2H3,(H,79,82)/b7-5-,13-11-,19-17-,25-23-,31-29-,36-35-,42-40-,67-65+. The van der Waals surface area contributed by atoms with Crippen molar-refractivity contribution in [2.75, 3.05) is 13.2 Å². The van der Waals surface area contributed by atoms with Gasteiger partial charge in [0.1, 0.15) is 24.4 Å². The molecule has 504 valence electrons. The fourth-order valence-corrected chi connectivity index (χ4v) is 11.4. The minimum Gasteiger partial charge on any atom is -0.394 e. The molecule has 0 radical (unpaired) electrons. The summed E-state index contributed by atoms with van der Waals surface area (Å²) in [6.45, 7) is 3.70. The lowest BCUT2D eigenvalue weighted by Crippen LogP contribution is -2.60. The Labute approximate surface area is 536 Å². The number of hydrogen-bond donors (Lipinski definition) is 6. The first-order valence-electron chi connectivity index (χ1n) is 37.0. The minimum absolute atomic E-state index is 0.180. The van der Waals surface area contributed by atoms with Gasteiger partial charge in [-0.25, -0.2) is 0 Å². The van der Waals surface area contributed by atoms with Gasteiger partial charge in [-0.2, -0.15) is 0 Å². The Kier molecular flexibility index (Phi) is 62.3. The van der Waals surface area contributed by atoms with Gasteiger partial charge in [0, 0.05) is 6.42 Å². The Morgan fingerprint density at radius 2 is 0.713 bits per heavy atom. The number of unbranched alkanes of at least 4 members (excludes halogenated alkanes) is 40. The molecule has 0 spiro atoms. The maximum Gasteiger partial charge on any atom is 0.220 e. The van der Waals surface area contributed by atoms with Gasteiger partial charge in [-0.1, -0.05) is 349 Å². The van der Waals surface area contributed by atoms with Crippen molar-refractivity contribution in [3.8, 4) is 0 Å². The highest BCUT2D eigenvalue weighted by Gasteiger charge is 2.44. The van der Waals surface area contributed by atoms with Gasteiger partial charge in [0.2, 0.25) is 5.91 Å². The summed E-state index contributed by atoms with van der Waals surface area (Å²) in [5.74, 6) is -0.180. The summed E-state index contributed by atoms with van der Waals surface area (Å²) in [6.07, 6.45) is 89.5. The molecule has 7 unspecified atom stereocenters. The highest BCUT2D eigenvalue weighted by atomic mass is 16.7. The van der Waals surface area contributed by atoms with E-state index in [2.05, 4.69) is 104 Å². The molecule has 0 saturated carbocycles. The van der Waals surface area contributed by atoms with Gasteiger partial charge in [-0.15, -0.1) is 0 Å². The zero-order valence-electron chi connectivity index (χ0n) is 56.5. The summed E-state index contributed by atoms with van der Waals surface area (Å²) in [5.41, 5.74) is 0. The molecule has 87 heavy (non-hydrogen) atoms. The number of hydrogen-bond acceptors (Lipinski definition) is 8. The smallest absolute Gasteiger partial charge is 0.220 e. The lowest BCUT2D eigenvalue weighted by atomic mass is 9.99. The molecule has 0 aromatic carbocycles. The fourth-order valence-electron chi connectivity index (χ4n) is 11.4. The number of carbonyl (C=O) groups excluding carboxylic acids is 1. The molecule has 7 atom stereocenters. The second-order valence-corrected chi connectivity index (χ2v) is 25.4. The molecular formula is C78H139NO8. The number of rotatable bonds is 64. The van der Waals surface area contributed by atoms with E-state index < -0.39 is 49.5 Å². The van der Waals surface area contributed by atoms with Gasteiger partial charge in [0.15, 0.2) is 6.29 Å². The number of nitrogens with one attached hydrogen (secondary N) is 1. The molecule has 9 heteroatoms. The molecule has 1 amide bonds. The van der Waals surface area contributed by atoms with Crippen LogP contribution in [0.3, 0.4) is 0 Å². The highest BCUT2D eigenvalue weighted by Crippen LogP contribution is 2.23. The summed E-state index contributed by atoms with van der Waals surface area (Å²) in [6, 6.07) is -0.815. The number of aliphatic hydroxyl groups excluding tert-OH is 5. The molecule has 1 heterocycles. The van der Waals surface area contributed by atoms with Crippen LogP contribution in [0.25, 0.3) is 0 Å². The van der Waals surface area contributed by atoms with E-state index in [0.29, 0.717) is 6.42 Å². The molecule has 1 aliphatic rings. The van der Waals surface area contributed by atoms with Crippen LogP contribution in [0.15, 0.2) is 97.2 Å². The van der Waals surface area contributed by atoms with Crippen molar-refractivity contribution in [1.29, 1.82) is 0 Å². The van der Waals surface area contributed by atoms with Crippen molar-refractivity contribution in [3.05, 3.63) is 97.2 Å². The zero-order valence-corrected chi connectivity index (χ0v) is 56.5. The van der Waals surface area contributed by atoms with E-state index in [4.69, 9.17) is 9.47 Å². The van der Waals surface area contributed by atoms with Crippen LogP contribution < -0.4 is 5.32 Å². The van der Waals surface area contributed by atoms with Crippen LogP contribution in [0, 0.1) is 0 Å². The van der Waals surface area contributed by atoms with Gasteiger partial charge in [0.05, 0.1) is 25.4 Å². The maximum absolute atomic E-state index is 13.2. The number of allylic oxidation sites excluding steroid dienone is 15. The monoisotopic (exact) mass is 1220 g/mol. The van der Waals surface area contributed by atoms with Gasteiger partial charge >= 0.3 is 0 Å². The Bertz CT molecular complexity index is 1700. The van der Waals surface area contributed by atoms with Crippen LogP contribution in [-0.4, -0.2) is 87.5 Å². The zero-order chi connectivity index (χ0) is 62.8. The normalized spacial score (nSPS) is 18.5. The molecule has 0 aromatic heterocycles. The molecule has 0 bridgehead atoms. The van der Waals surface area contributed by atoms with Gasteiger partial charge in [0.25, 0.3) is 0 Å². The number of ether oxygens (including phenoxy) is 2. The van der Waals surface area contributed by atoms with E-state index in [0.717, 1.165) is 89.9 Å². The summed E-state index contributed by atoms with van der Waals surface area (Å²) in [7, 11) is 0. The molecule has 1 aliphatic heterocycles. The molecule has 0 aromatic rings. The summed E-state index contributed by atoms with van der Waals surface area (Å²) < 4.78 is 11.3. The van der Waals surface area contributed by atoms with E-state index in [1.165, 1.54) is 225 Å². The number of amides is 1. The second kappa shape index (κ2) is 66.0. The molecule has 6 N–H and O–H groups in total. The first-order chi connectivity index (χ1) is 42.8. The topological polar surface area (TPSA) is 149 Å². The van der Waals surface area contributed by atoms with E-state index in [1.54, 1.807) is 6.08 Å². The van der Waals surface area contributed by atoms with Crippen molar-refractivity contribution in [1.82, 2.24) is 5.32 Å². The average molecular weight is 1220 g/mol. The van der Waals surface area contributed by atoms with Crippen LogP contribution in [-0.2, 0) is 14.3 Å². The Morgan fingerprint density at radius 1 is 0.402 bits per heavy atom. The summed E-state index contributed by atoms with van der Waals surface area (Å²) in [5, 5.41) is 54.9. The number of carbonyl (C=O) groups is 1. The lowest BCUT2D eigenvalue weighted by molar-refractivity contribution is -0.302. The highest BCUT2D eigenvalue weighted by molar-refractivity contribution is 5.76. The Balaban J connectivity index is 2.13. The largest absolute Gasteiger partial charge is 0.394 e. The molecule has 1 fully saturated rings. The molecule has 0 aliphatic carbocycles. The molecule has 9 nitrogen and oxygen atoms in total. The van der Waals surface area contributed by atoms with E-state index in [1.807, 2.05) is 6.08 Å². The predicted molar refractivity (Wildman–Crippen MR) is 373 cm³/mol. The third kappa shape index (κ3) is 54.6. The van der Waals surface area contributed by atoms with Crippen LogP contribution in [0.4, 0.5) is 0 Å². The quantitative estimate of drug-likeness (QED) is 0.0261. The van der Waals surface area contributed by atoms with Gasteiger partial charge < -0.3 is 40.3 Å². The fraction of sp³-hybridized carbons (Fsp3) is 0.782. The first-order valence-corrected chi connectivity index (χ1v) is 37.0. The van der Waals surface area contributed by atoms with Crippen molar-refractivity contribution in [2.45, 2.75) is 378 Å². The van der Waals surface area contributed by atoms with Crippen molar-refractivity contribution in [2.24, 2.45) is 0 Å². The predicted octanol–water partition coefficient (Wildman–Crippen LogP) is 20.6. The number of aliphatic hydroxyl groups is 5. The van der Waals surface area contributed by atoms with Crippen LogP contribution in [0.1, 0.15) is 335 Å². The summed E-state index contributed by atoms with van der Waals surface area (Å²) >= 11 is 0. The molecule has 1 rings (SSSR count). The SMILES string of the molecule is CC/C=C\C/C=C\C/C=C\C/C=C\C/C=C\C/C=C\C/C=C\CCCCCCCCCCCCCC(=O)NC(COC1OC(CO)C(O)C(O)C1O)C(O)/C=C/CCCCCCCCCCCCCCCCCCCCCCCCCCCCCCC. The molecular weight excluding hydrogens is 1080 g/mol. The van der Waals surface area contributed by atoms with Gasteiger partial charge in [-0.3, -0.25) is 4.79 Å². The Morgan fingerprint density at radius 3 is 1.06 bits per heavy atom. The second-order valence-electron chi connectivity index (χ2n) is 25.4. The van der Waals surface area contributed by atoms with Crippen LogP contribution >= 0.6 is 0 Å². The van der Waals surface area contributed by atoms with Gasteiger partial charge in [-0.05, 0) is 77.0 Å². The minimum atomic E-state index is -1.57. The van der Waals surface area contributed by atoms with E-state index in [9.17, 15) is 30.3 Å². The third-order valence-electron chi connectivity index (χ3n) is 17.2. The van der Waals surface area contributed by atoms with E-state index >= 15 is 0 Å². The van der Waals surface area contributed by atoms with Crippen LogP contribution in [0.2, 0.25) is 0 Å². The third-order valence-corrected chi connectivity index (χ3v) is 17.2. The summed E-state index contributed by atoms with van der Waals surface area (Å²) in [4.78, 5) is 13.2. The lowest BCUT2D eigenvalue weighted by Gasteiger charge is -2.40. The first kappa shape index (κ1) is 82.1. The van der Waals surface area contributed by atoms with E-state index in [-0.39, 0.29) is 12.5 Å². The van der Waals surface area contributed by atoms with Crippen molar-refractivity contribution < 1.29 is 39.8 Å². The maximum atomic E-state index is 13.2. The van der Waals surface area contributed by atoms with Crippen molar-refractivity contribution >= 4 is 5.91 Å².